The number of methoxy groups -OCH3 is 1. The largest absolute Gasteiger partial charge is 0.383 e. The monoisotopic (exact) mass is 402 g/mol. The maximum atomic E-state index is 12.0. The van der Waals surface area contributed by atoms with Crippen molar-refractivity contribution in [2.45, 2.75) is 0 Å². The van der Waals surface area contributed by atoms with E-state index in [1.54, 1.807) is 24.2 Å². The first-order chi connectivity index (χ1) is 10.7. The number of hydrogen-bond acceptors (Lipinski definition) is 4. The molecule has 6 nitrogen and oxygen atoms in total. The van der Waals surface area contributed by atoms with Gasteiger partial charge in [-0.25, -0.2) is 4.68 Å². The van der Waals surface area contributed by atoms with E-state index in [-0.39, 0.29) is 18.3 Å². The van der Waals surface area contributed by atoms with Crippen molar-refractivity contribution < 1.29 is 9.53 Å². The van der Waals surface area contributed by atoms with Crippen molar-refractivity contribution in [1.82, 2.24) is 20.4 Å². The molecule has 1 aromatic carbocycles. The average Bonchev–Trinajstić information content (AvgIpc) is 3.00. The van der Waals surface area contributed by atoms with Gasteiger partial charge in [0.25, 0.3) is 5.91 Å². The first-order valence-corrected chi connectivity index (χ1v) is 7.78. The van der Waals surface area contributed by atoms with E-state index in [1.165, 1.54) is 0 Å². The number of halogens is 2. The van der Waals surface area contributed by atoms with Crippen LogP contribution in [0.25, 0.3) is 5.69 Å². The molecular formula is C15H20BrClN4O2. The van der Waals surface area contributed by atoms with Crippen LogP contribution < -0.4 is 10.6 Å². The molecule has 2 N–H and O–H groups in total. The molecule has 1 aromatic heterocycles. The first-order valence-electron chi connectivity index (χ1n) is 6.99. The summed E-state index contributed by atoms with van der Waals surface area (Å²) in [5, 5.41) is 10.2. The van der Waals surface area contributed by atoms with Crippen molar-refractivity contribution in [2.24, 2.45) is 0 Å². The fraction of sp³-hybridized carbons (Fsp3) is 0.333. The number of carbonyl (C=O) groups is 1. The summed E-state index contributed by atoms with van der Waals surface area (Å²) in [5.41, 5.74) is 1.44. The average molecular weight is 404 g/mol. The summed E-state index contributed by atoms with van der Waals surface area (Å²) in [7, 11) is 1.66. The molecule has 0 unspecified atom stereocenters. The Balaban J connectivity index is 0.00000264. The van der Waals surface area contributed by atoms with Crippen LogP contribution in [0.5, 0.6) is 0 Å². The number of ether oxygens (including phenoxy) is 1. The number of carbonyl (C=O) groups excluding carboxylic acids is 1. The highest BCUT2D eigenvalue weighted by atomic mass is 79.9. The van der Waals surface area contributed by atoms with Crippen LogP contribution in [0.3, 0.4) is 0 Å². The molecule has 2 rings (SSSR count). The fourth-order valence-corrected chi connectivity index (χ4v) is 2.25. The van der Waals surface area contributed by atoms with Crippen LogP contribution >= 0.6 is 28.3 Å². The summed E-state index contributed by atoms with van der Waals surface area (Å²) in [5.74, 6) is -0.130. The normalized spacial score (nSPS) is 10.2. The van der Waals surface area contributed by atoms with Crippen molar-refractivity contribution in [3.63, 3.8) is 0 Å². The van der Waals surface area contributed by atoms with Gasteiger partial charge in [0.15, 0.2) is 0 Å². The second kappa shape index (κ2) is 10.4. The van der Waals surface area contributed by atoms with Gasteiger partial charge in [0.2, 0.25) is 0 Å². The minimum absolute atomic E-state index is 0. The van der Waals surface area contributed by atoms with Gasteiger partial charge in [0, 0.05) is 37.4 Å². The van der Waals surface area contributed by atoms with Gasteiger partial charge in [-0.15, -0.1) is 12.4 Å². The maximum Gasteiger partial charge on any atom is 0.254 e. The Morgan fingerprint density at radius 3 is 2.91 bits per heavy atom. The minimum Gasteiger partial charge on any atom is -0.383 e. The minimum atomic E-state index is -0.130. The summed E-state index contributed by atoms with van der Waals surface area (Å²) in [6.45, 7) is 2.69. The molecule has 0 spiro atoms. The molecule has 23 heavy (non-hydrogen) atoms. The molecule has 0 aliphatic heterocycles. The van der Waals surface area contributed by atoms with E-state index in [2.05, 4.69) is 31.7 Å². The van der Waals surface area contributed by atoms with Crippen LogP contribution in [0.4, 0.5) is 0 Å². The summed E-state index contributed by atoms with van der Waals surface area (Å²) in [6, 6.07) is 7.73. The third kappa shape index (κ3) is 6.31. The van der Waals surface area contributed by atoms with Crippen LogP contribution in [0.1, 0.15) is 10.4 Å². The van der Waals surface area contributed by atoms with E-state index in [1.807, 2.05) is 24.3 Å². The molecule has 0 radical (unpaired) electrons. The molecule has 8 heteroatoms. The van der Waals surface area contributed by atoms with Crippen LogP contribution in [-0.2, 0) is 4.74 Å². The highest BCUT2D eigenvalue weighted by molar-refractivity contribution is 9.10. The smallest absolute Gasteiger partial charge is 0.254 e. The van der Waals surface area contributed by atoms with Gasteiger partial charge in [-0.05, 0) is 18.2 Å². The molecule has 0 atom stereocenters. The zero-order valence-corrected chi connectivity index (χ0v) is 15.2. The SMILES string of the molecule is COCCNCCNC(=O)c1cnn(-c2cccc(Br)c2)c1.Cl. The van der Waals surface area contributed by atoms with Crippen molar-refractivity contribution in [3.05, 3.63) is 46.7 Å². The standard InChI is InChI=1S/C15H19BrN4O2.ClH/c1-22-8-7-17-5-6-18-15(21)12-10-19-20(11-12)14-4-2-3-13(16)9-14;/h2-4,9-11,17H,5-8H2,1H3,(H,18,21);1H. The van der Waals surface area contributed by atoms with Crippen LogP contribution in [0.2, 0.25) is 0 Å². The number of rotatable bonds is 8. The van der Waals surface area contributed by atoms with E-state index in [9.17, 15) is 4.79 Å². The number of aromatic nitrogens is 2. The molecule has 1 heterocycles. The number of nitrogens with one attached hydrogen (secondary N) is 2. The molecule has 0 aliphatic carbocycles. The van der Waals surface area contributed by atoms with Crippen molar-refractivity contribution in [3.8, 4) is 5.69 Å². The van der Waals surface area contributed by atoms with Gasteiger partial charge >= 0.3 is 0 Å². The lowest BCUT2D eigenvalue weighted by atomic mass is 10.3. The van der Waals surface area contributed by atoms with Gasteiger partial charge in [-0.1, -0.05) is 22.0 Å². The zero-order chi connectivity index (χ0) is 15.8. The van der Waals surface area contributed by atoms with Gasteiger partial charge in [0.05, 0.1) is 24.1 Å². The Labute approximate surface area is 150 Å². The van der Waals surface area contributed by atoms with Crippen LogP contribution in [0, 0.1) is 0 Å². The second-order valence-corrected chi connectivity index (χ2v) is 5.57. The van der Waals surface area contributed by atoms with Gasteiger partial charge in [-0.3, -0.25) is 4.79 Å². The summed E-state index contributed by atoms with van der Waals surface area (Å²) in [6.07, 6.45) is 3.28. The Morgan fingerprint density at radius 1 is 1.35 bits per heavy atom. The third-order valence-electron chi connectivity index (χ3n) is 2.99. The van der Waals surface area contributed by atoms with E-state index in [4.69, 9.17) is 4.74 Å². The van der Waals surface area contributed by atoms with E-state index < -0.39 is 0 Å². The van der Waals surface area contributed by atoms with Crippen molar-refractivity contribution in [2.75, 3.05) is 33.4 Å². The highest BCUT2D eigenvalue weighted by Gasteiger charge is 2.08. The summed E-state index contributed by atoms with van der Waals surface area (Å²) in [4.78, 5) is 12.0. The maximum absolute atomic E-state index is 12.0. The Bertz CT molecular complexity index is 621. The fourth-order valence-electron chi connectivity index (χ4n) is 1.87. The zero-order valence-electron chi connectivity index (χ0n) is 12.8. The number of nitrogens with zero attached hydrogens (tertiary/aromatic N) is 2. The molecule has 126 valence electrons. The molecule has 0 aliphatic rings. The van der Waals surface area contributed by atoms with Crippen LogP contribution in [-0.4, -0.2) is 49.0 Å². The Morgan fingerprint density at radius 2 is 2.17 bits per heavy atom. The number of hydrogen-bond donors (Lipinski definition) is 2. The summed E-state index contributed by atoms with van der Waals surface area (Å²) >= 11 is 3.42. The highest BCUT2D eigenvalue weighted by Crippen LogP contribution is 2.15. The number of amides is 1. The van der Waals surface area contributed by atoms with E-state index in [0.717, 1.165) is 16.7 Å². The lowest BCUT2D eigenvalue weighted by molar-refractivity contribution is 0.0953. The van der Waals surface area contributed by atoms with Gasteiger partial charge in [0.1, 0.15) is 0 Å². The molecule has 1 amide bonds. The molecule has 0 bridgehead atoms. The van der Waals surface area contributed by atoms with E-state index in [0.29, 0.717) is 25.3 Å². The lowest BCUT2D eigenvalue weighted by Crippen LogP contribution is -2.32. The number of benzene rings is 1. The quantitative estimate of drug-likeness (QED) is 0.662. The van der Waals surface area contributed by atoms with Crippen molar-refractivity contribution >= 4 is 34.2 Å². The van der Waals surface area contributed by atoms with Crippen LogP contribution in [0.15, 0.2) is 41.1 Å². The second-order valence-electron chi connectivity index (χ2n) is 4.65. The molecule has 2 aromatic rings. The first kappa shape index (κ1) is 19.6. The van der Waals surface area contributed by atoms with Crippen molar-refractivity contribution in [1.29, 1.82) is 0 Å². The Hall–Kier alpha value is -1.41. The third-order valence-corrected chi connectivity index (χ3v) is 3.48. The lowest BCUT2D eigenvalue weighted by Gasteiger charge is -2.05. The van der Waals surface area contributed by atoms with E-state index >= 15 is 0 Å². The Kier molecular flexibility index (Phi) is 8.86. The predicted octanol–water partition coefficient (Wildman–Crippen LogP) is 2.02. The molecule has 0 fully saturated rings. The molecular weight excluding hydrogens is 384 g/mol. The predicted molar refractivity (Wildman–Crippen MR) is 95.6 cm³/mol. The topological polar surface area (TPSA) is 68.2 Å². The van der Waals surface area contributed by atoms with Gasteiger partial charge in [-0.2, -0.15) is 5.10 Å². The summed E-state index contributed by atoms with van der Waals surface area (Å²) < 4.78 is 7.57. The molecule has 0 saturated carbocycles. The molecule has 0 saturated heterocycles. The van der Waals surface area contributed by atoms with Gasteiger partial charge < -0.3 is 15.4 Å².